The number of rotatable bonds is 12. The van der Waals surface area contributed by atoms with Gasteiger partial charge >= 0.3 is 18.2 Å². The minimum atomic E-state index is -0.626. The van der Waals surface area contributed by atoms with Crippen molar-refractivity contribution in [3.8, 4) is 0 Å². The molecule has 10 nitrogen and oxygen atoms in total. The molecule has 0 aliphatic carbocycles. The third-order valence-corrected chi connectivity index (χ3v) is 4.78. The zero-order valence-corrected chi connectivity index (χ0v) is 19.7. The molecule has 1 unspecified atom stereocenters. The van der Waals surface area contributed by atoms with Gasteiger partial charge in [-0.15, -0.1) is 0 Å². The van der Waals surface area contributed by atoms with E-state index in [0.29, 0.717) is 37.2 Å². The summed E-state index contributed by atoms with van der Waals surface area (Å²) in [5.74, 6) is -1.13. The minimum Gasteiger partial charge on any atom is -0.453 e. The van der Waals surface area contributed by atoms with Crippen molar-refractivity contribution in [3.05, 3.63) is 55.0 Å². The molecule has 0 saturated heterocycles. The SMILES string of the molecule is C=CN=C(C=C)CCN(C)C(=O)OCOC(=O)C(C)c1ccnc(CCN(C)C(=O)OC)c1. The van der Waals surface area contributed by atoms with E-state index in [-0.39, 0.29) is 0 Å². The van der Waals surface area contributed by atoms with Crippen molar-refractivity contribution in [1.29, 1.82) is 0 Å². The first-order chi connectivity index (χ1) is 15.7. The van der Waals surface area contributed by atoms with Gasteiger partial charge < -0.3 is 24.0 Å². The molecular formula is C23H32N4O6. The Bertz CT molecular complexity index is 870. The number of esters is 1. The summed E-state index contributed by atoms with van der Waals surface area (Å²) >= 11 is 0. The van der Waals surface area contributed by atoms with Crippen molar-refractivity contribution in [2.75, 3.05) is 41.1 Å². The molecule has 10 heteroatoms. The molecule has 1 heterocycles. The maximum absolute atomic E-state index is 12.4. The van der Waals surface area contributed by atoms with Crippen LogP contribution in [0.3, 0.4) is 0 Å². The zero-order chi connectivity index (χ0) is 24.8. The summed E-state index contributed by atoms with van der Waals surface area (Å²) in [5, 5.41) is 0. The number of methoxy groups -OCH3 is 1. The Morgan fingerprint density at radius 3 is 2.48 bits per heavy atom. The second kappa shape index (κ2) is 14.4. The number of hydrogen-bond acceptors (Lipinski definition) is 8. The van der Waals surface area contributed by atoms with Crippen molar-refractivity contribution >= 4 is 23.9 Å². The van der Waals surface area contributed by atoms with Crippen LogP contribution < -0.4 is 0 Å². The standard InChI is InChI=1S/C23H32N4O6/c1-7-19(24-8-2)10-13-27(5)23(30)33-16-32-21(28)17(3)18-9-12-25-20(15-18)11-14-26(4)22(29)31-6/h7-9,12,15,17H,1-2,10-11,13-14,16H2,3-6H3. The highest BCUT2D eigenvalue weighted by molar-refractivity contribution is 5.95. The Morgan fingerprint density at radius 1 is 1.15 bits per heavy atom. The molecule has 0 saturated carbocycles. The largest absolute Gasteiger partial charge is 0.453 e. The second-order valence-corrected chi connectivity index (χ2v) is 7.11. The molecule has 0 bridgehead atoms. The minimum absolute atomic E-state index is 0.354. The molecule has 2 amide bonds. The Hall–Kier alpha value is -3.69. The highest BCUT2D eigenvalue weighted by atomic mass is 16.7. The number of ether oxygens (including phenoxy) is 3. The van der Waals surface area contributed by atoms with E-state index in [2.05, 4.69) is 27.9 Å². The molecule has 1 aromatic heterocycles. The maximum atomic E-state index is 12.4. The smallest absolute Gasteiger partial charge is 0.412 e. The number of carbonyl (C=O) groups is 3. The average molecular weight is 461 g/mol. The first-order valence-corrected chi connectivity index (χ1v) is 10.3. The lowest BCUT2D eigenvalue weighted by Crippen LogP contribution is -2.30. The van der Waals surface area contributed by atoms with Gasteiger partial charge in [0.2, 0.25) is 6.79 Å². The van der Waals surface area contributed by atoms with E-state index < -0.39 is 30.9 Å². The average Bonchev–Trinajstić information content (AvgIpc) is 2.83. The van der Waals surface area contributed by atoms with Crippen LogP contribution in [0.5, 0.6) is 0 Å². The van der Waals surface area contributed by atoms with Crippen molar-refractivity contribution in [2.24, 2.45) is 4.99 Å². The van der Waals surface area contributed by atoms with Crippen LogP contribution in [0.15, 0.2) is 48.8 Å². The number of carbonyl (C=O) groups excluding carboxylic acids is 3. The molecule has 0 aromatic carbocycles. The van der Waals surface area contributed by atoms with Crippen LogP contribution in [-0.4, -0.2) is 79.7 Å². The van der Waals surface area contributed by atoms with Gasteiger partial charge in [-0.3, -0.25) is 14.8 Å². The van der Waals surface area contributed by atoms with E-state index in [4.69, 9.17) is 9.47 Å². The number of aliphatic imine (C=N–C) groups is 1. The van der Waals surface area contributed by atoms with E-state index in [1.807, 2.05) is 0 Å². The summed E-state index contributed by atoms with van der Waals surface area (Å²) in [7, 11) is 4.51. The molecule has 180 valence electrons. The maximum Gasteiger partial charge on any atom is 0.412 e. The van der Waals surface area contributed by atoms with Crippen LogP contribution in [-0.2, 0) is 25.4 Å². The van der Waals surface area contributed by atoms with E-state index in [9.17, 15) is 14.4 Å². The Balaban J connectivity index is 2.51. The monoisotopic (exact) mass is 460 g/mol. The van der Waals surface area contributed by atoms with E-state index in [1.54, 1.807) is 45.4 Å². The molecule has 1 rings (SSSR count). The Kier molecular flexibility index (Phi) is 11.9. The molecule has 0 N–H and O–H groups in total. The van der Waals surface area contributed by atoms with Crippen LogP contribution in [0.1, 0.15) is 30.5 Å². The molecule has 1 aromatic rings. The Labute approximate surface area is 194 Å². The molecule has 0 spiro atoms. The van der Waals surface area contributed by atoms with E-state index >= 15 is 0 Å². The first-order valence-electron chi connectivity index (χ1n) is 10.3. The van der Waals surface area contributed by atoms with Gasteiger partial charge in [0.15, 0.2) is 0 Å². The first kappa shape index (κ1) is 27.3. The molecule has 0 aliphatic heterocycles. The molecule has 1 atom stereocenters. The third kappa shape index (κ3) is 9.55. The number of amides is 2. The van der Waals surface area contributed by atoms with Gasteiger partial charge in [-0.25, -0.2) is 9.59 Å². The van der Waals surface area contributed by atoms with E-state index in [1.165, 1.54) is 23.1 Å². The summed E-state index contributed by atoms with van der Waals surface area (Å²) in [6, 6.07) is 3.49. The number of pyridine rings is 1. The number of likely N-dealkylation sites (N-methyl/N-ethyl adjacent to an activating group) is 1. The number of allylic oxidation sites excluding steroid dienone is 1. The fourth-order valence-electron chi connectivity index (χ4n) is 2.65. The normalized spacial score (nSPS) is 11.7. The van der Waals surface area contributed by atoms with Crippen molar-refractivity contribution in [3.63, 3.8) is 0 Å². The van der Waals surface area contributed by atoms with Crippen LogP contribution in [0.4, 0.5) is 9.59 Å². The van der Waals surface area contributed by atoms with Crippen LogP contribution in [0.25, 0.3) is 0 Å². The molecule has 33 heavy (non-hydrogen) atoms. The van der Waals surface area contributed by atoms with Crippen LogP contribution >= 0.6 is 0 Å². The zero-order valence-electron chi connectivity index (χ0n) is 19.7. The van der Waals surface area contributed by atoms with Gasteiger partial charge in [0.1, 0.15) is 0 Å². The highest BCUT2D eigenvalue weighted by Gasteiger charge is 2.19. The lowest BCUT2D eigenvalue weighted by Gasteiger charge is -2.18. The lowest BCUT2D eigenvalue weighted by molar-refractivity contribution is -0.153. The van der Waals surface area contributed by atoms with Gasteiger partial charge in [0.25, 0.3) is 0 Å². The second-order valence-electron chi connectivity index (χ2n) is 7.11. The topological polar surface area (TPSA) is 111 Å². The molecule has 0 aliphatic rings. The van der Waals surface area contributed by atoms with Crippen LogP contribution in [0, 0.1) is 0 Å². The quantitative estimate of drug-likeness (QED) is 0.268. The van der Waals surface area contributed by atoms with Gasteiger partial charge in [-0.05, 0) is 30.7 Å². The fraction of sp³-hybridized carbons (Fsp3) is 0.435. The molecule has 0 fully saturated rings. The molecule has 0 radical (unpaired) electrons. The number of aromatic nitrogens is 1. The highest BCUT2D eigenvalue weighted by Crippen LogP contribution is 2.17. The predicted molar refractivity (Wildman–Crippen MR) is 124 cm³/mol. The van der Waals surface area contributed by atoms with Crippen LogP contribution in [0.2, 0.25) is 0 Å². The van der Waals surface area contributed by atoms with E-state index in [0.717, 1.165) is 5.69 Å². The summed E-state index contributed by atoms with van der Waals surface area (Å²) in [4.78, 5) is 47.0. The summed E-state index contributed by atoms with van der Waals surface area (Å²) < 4.78 is 14.8. The summed E-state index contributed by atoms with van der Waals surface area (Å²) in [6.07, 6.45) is 4.50. The Morgan fingerprint density at radius 2 is 1.85 bits per heavy atom. The fourth-order valence-corrected chi connectivity index (χ4v) is 2.65. The lowest BCUT2D eigenvalue weighted by atomic mass is 10.0. The summed E-state index contributed by atoms with van der Waals surface area (Å²) in [5.41, 5.74) is 2.11. The van der Waals surface area contributed by atoms with Gasteiger partial charge in [0, 0.05) is 63.8 Å². The van der Waals surface area contributed by atoms with Gasteiger partial charge in [0.05, 0.1) is 13.0 Å². The molecular weight excluding hydrogens is 428 g/mol. The number of nitrogens with zero attached hydrogens (tertiary/aromatic N) is 4. The van der Waals surface area contributed by atoms with Crippen molar-refractivity contribution in [2.45, 2.75) is 25.7 Å². The van der Waals surface area contributed by atoms with Crippen molar-refractivity contribution < 1.29 is 28.6 Å². The number of hydrogen-bond donors (Lipinski definition) is 0. The van der Waals surface area contributed by atoms with Gasteiger partial charge in [-0.1, -0.05) is 13.2 Å². The van der Waals surface area contributed by atoms with Gasteiger partial charge in [-0.2, -0.15) is 0 Å². The third-order valence-electron chi connectivity index (χ3n) is 4.78. The predicted octanol–water partition coefficient (Wildman–Crippen LogP) is 3.16. The summed E-state index contributed by atoms with van der Waals surface area (Å²) in [6.45, 7) is 9.13. The van der Waals surface area contributed by atoms with Crippen molar-refractivity contribution in [1.82, 2.24) is 14.8 Å².